The third kappa shape index (κ3) is 1.73. The van der Waals surface area contributed by atoms with Gasteiger partial charge in [-0.05, 0) is 37.1 Å². The first-order chi connectivity index (χ1) is 7.84. The van der Waals surface area contributed by atoms with Gasteiger partial charge in [-0.15, -0.1) is 0 Å². The van der Waals surface area contributed by atoms with Crippen molar-refractivity contribution in [3.8, 4) is 0 Å². The fraction of sp³-hybridized carbons (Fsp3) is 0.462. The lowest BCUT2D eigenvalue weighted by atomic mass is 10.1. The lowest BCUT2D eigenvalue weighted by molar-refractivity contribution is 0.678. The summed E-state index contributed by atoms with van der Waals surface area (Å²) < 4.78 is 2.15. The molecule has 2 nitrogen and oxygen atoms in total. The average Bonchev–Trinajstić information content (AvgIpc) is 2.76. The van der Waals surface area contributed by atoms with Gasteiger partial charge in [0.1, 0.15) is 5.65 Å². The fourth-order valence-electron chi connectivity index (χ4n) is 2.30. The molecule has 0 aliphatic carbocycles. The van der Waals surface area contributed by atoms with Gasteiger partial charge in [-0.3, -0.25) is 0 Å². The Morgan fingerprint density at radius 2 is 2.38 bits per heavy atom. The van der Waals surface area contributed by atoms with Gasteiger partial charge in [0, 0.05) is 17.6 Å². The molecule has 0 bridgehead atoms. The lowest BCUT2D eigenvalue weighted by Crippen LogP contribution is -2.02. The lowest BCUT2D eigenvalue weighted by Gasteiger charge is -2.18. The minimum Gasteiger partial charge on any atom is -0.307 e. The number of aryl methyl sites for hydroxylation is 1. The van der Waals surface area contributed by atoms with E-state index in [0.29, 0.717) is 5.25 Å². The van der Waals surface area contributed by atoms with E-state index in [2.05, 4.69) is 47.6 Å². The summed E-state index contributed by atoms with van der Waals surface area (Å²) >= 11 is 2.06. The van der Waals surface area contributed by atoms with Gasteiger partial charge >= 0.3 is 0 Å². The summed E-state index contributed by atoms with van der Waals surface area (Å²) in [6.07, 6.45) is 8.29. The maximum absolute atomic E-state index is 4.78. The summed E-state index contributed by atoms with van der Waals surface area (Å²) in [6, 6.07) is 4.21. The fourth-order valence-corrected chi connectivity index (χ4v) is 3.57. The Morgan fingerprint density at radius 3 is 3.12 bits per heavy atom. The minimum atomic E-state index is 0.619. The average molecular weight is 232 g/mol. The second-order valence-corrected chi connectivity index (χ2v) is 5.75. The van der Waals surface area contributed by atoms with E-state index in [0.717, 1.165) is 5.65 Å². The van der Waals surface area contributed by atoms with Crippen LogP contribution >= 0.6 is 11.8 Å². The Hall–Kier alpha value is -0.960. The van der Waals surface area contributed by atoms with E-state index in [1.165, 1.54) is 36.3 Å². The molecule has 0 saturated carbocycles. The van der Waals surface area contributed by atoms with Crippen molar-refractivity contribution in [2.45, 2.75) is 31.4 Å². The van der Waals surface area contributed by atoms with Gasteiger partial charge in [0.25, 0.3) is 0 Å². The van der Waals surface area contributed by atoms with Crippen LogP contribution in [-0.4, -0.2) is 15.1 Å². The SMILES string of the molecule is Cc1cccn2cc(C3CCCCS3)nc12. The summed E-state index contributed by atoms with van der Waals surface area (Å²) in [7, 11) is 0. The van der Waals surface area contributed by atoms with E-state index in [4.69, 9.17) is 4.98 Å². The highest BCUT2D eigenvalue weighted by atomic mass is 32.2. The topological polar surface area (TPSA) is 17.3 Å². The van der Waals surface area contributed by atoms with E-state index in [9.17, 15) is 0 Å². The van der Waals surface area contributed by atoms with Crippen molar-refractivity contribution in [1.29, 1.82) is 0 Å². The van der Waals surface area contributed by atoms with E-state index in [1.807, 2.05) is 0 Å². The van der Waals surface area contributed by atoms with Gasteiger partial charge in [-0.2, -0.15) is 11.8 Å². The highest BCUT2D eigenvalue weighted by Crippen LogP contribution is 2.37. The highest BCUT2D eigenvalue weighted by molar-refractivity contribution is 7.99. The minimum absolute atomic E-state index is 0.619. The van der Waals surface area contributed by atoms with Gasteiger partial charge in [-0.25, -0.2) is 4.98 Å². The smallest absolute Gasteiger partial charge is 0.139 e. The number of imidazole rings is 1. The van der Waals surface area contributed by atoms with Crippen LogP contribution in [0.4, 0.5) is 0 Å². The van der Waals surface area contributed by atoms with Crippen molar-refractivity contribution in [1.82, 2.24) is 9.38 Å². The van der Waals surface area contributed by atoms with Crippen LogP contribution in [0.5, 0.6) is 0 Å². The molecule has 0 radical (unpaired) electrons. The molecule has 0 amide bonds. The van der Waals surface area contributed by atoms with Crippen LogP contribution in [0.2, 0.25) is 0 Å². The van der Waals surface area contributed by atoms with Crippen molar-refractivity contribution in [2.24, 2.45) is 0 Å². The van der Waals surface area contributed by atoms with Crippen molar-refractivity contribution < 1.29 is 0 Å². The number of pyridine rings is 1. The first-order valence-corrected chi connectivity index (χ1v) is 6.95. The maximum Gasteiger partial charge on any atom is 0.139 e. The number of aromatic nitrogens is 2. The predicted molar refractivity (Wildman–Crippen MR) is 69.0 cm³/mol. The number of fused-ring (bicyclic) bond motifs is 1. The number of thioether (sulfide) groups is 1. The Kier molecular flexibility index (Phi) is 2.64. The van der Waals surface area contributed by atoms with E-state index >= 15 is 0 Å². The highest BCUT2D eigenvalue weighted by Gasteiger charge is 2.18. The third-order valence-corrected chi connectivity index (χ3v) is 4.61. The summed E-state index contributed by atoms with van der Waals surface area (Å²) in [5.74, 6) is 1.29. The molecule has 0 aromatic carbocycles. The molecule has 2 aromatic rings. The molecule has 1 saturated heterocycles. The summed E-state index contributed by atoms with van der Waals surface area (Å²) in [5.41, 5.74) is 3.64. The van der Waals surface area contributed by atoms with E-state index in [-0.39, 0.29) is 0 Å². The molecule has 16 heavy (non-hydrogen) atoms. The van der Waals surface area contributed by atoms with Crippen molar-refractivity contribution in [2.75, 3.05) is 5.75 Å². The van der Waals surface area contributed by atoms with Gasteiger partial charge in [0.05, 0.1) is 5.69 Å². The van der Waals surface area contributed by atoms with Crippen LogP contribution in [-0.2, 0) is 0 Å². The Morgan fingerprint density at radius 1 is 1.44 bits per heavy atom. The number of hydrogen-bond donors (Lipinski definition) is 0. The van der Waals surface area contributed by atoms with Crippen LogP contribution < -0.4 is 0 Å². The number of hydrogen-bond acceptors (Lipinski definition) is 2. The Balaban J connectivity index is 2.01. The van der Waals surface area contributed by atoms with Gasteiger partial charge in [-0.1, -0.05) is 12.5 Å². The van der Waals surface area contributed by atoms with E-state index < -0.39 is 0 Å². The Bertz CT molecular complexity index is 498. The van der Waals surface area contributed by atoms with Crippen LogP contribution in [0.1, 0.15) is 35.8 Å². The first-order valence-electron chi connectivity index (χ1n) is 5.90. The summed E-state index contributed by atoms with van der Waals surface area (Å²) in [6.45, 7) is 2.13. The molecule has 1 aliphatic rings. The number of nitrogens with zero attached hydrogens (tertiary/aromatic N) is 2. The number of rotatable bonds is 1. The molecule has 84 valence electrons. The van der Waals surface area contributed by atoms with Crippen molar-refractivity contribution >= 4 is 17.4 Å². The van der Waals surface area contributed by atoms with Crippen molar-refractivity contribution in [3.05, 3.63) is 35.8 Å². The molecule has 0 spiro atoms. The zero-order chi connectivity index (χ0) is 11.0. The summed E-state index contributed by atoms with van der Waals surface area (Å²) in [5, 5.41) is 0.619. The molecule has 3 heteroatoms. The van der Waals surface area contributed by atoms with Gasteiger partial charge < -0.3 is 4.40 Å². The second-order valence-electron chi connectivity index (χ2n) is 4.44. The Labute approximate surface area is 100 Å². The van der Waals surface area contributed by atoms with Crippen molar-refractivity contribution in [3.63, 3.8) is 0 Å². The third-order valence-electron chi connectivity index (χ3n) is 3.21. The molecule has 2 aromatic heterocycles. The molecule has 1 aliphatic heterocycles. The van der Waals surface area contributed by atoms with Crippen LogP contribution in [0.15, 0.2) is 24.5 Å². The molecule has 3 rings (SSSR count). The monoisotopic (exact) mass is 232 g/mol. The maximum atomic E-state index is 4.78. The quantitative estimate of drug-likeness (QED) is 0.747. The zero-order valence-electron chi connectivity index (χ0n) is 9.52. The zero-order valence-corrected chi connectivity index (χ0v) is 10.3. The molecule has 1 unspecified atom stereocenters. The molecule has 1 fully saturated rings. The van der Waals surface area contributed by atoms with Gasteiger partial charge in [0.15, 0.2) is 0 Å². The second kappa shape index (κ2) is 4.13. The molecular formula is C13H16N2S. The van der Waals surface area contributed by atoms with Gasteiger partial charge in [0.2, 0.25) is 0 Å². The molecule has 0 N–H and O–H groups in total. The molecule has 1 atom stereocenters. The molecular weight excluding hydrogens is 216 g/mol. The van der Waals surface area contributed by atoms with E-state index in [1.54, 1.807) is 0 Å². The summed E-state index contributed by atoms with van der Waals surface area (Å²) in [4.78, 5) is 4.78. The molecule has 3 heterocycles. The largest absolute Gasteiger partial charge is 0.307 e. The predicted octanol–water partition coefficient (Wildman–Crippen LogP) is 3.60. The standard InChI is InChI=1S/C13H16N2S/c1-10-5-4-7-15-9-11(14-13(10)15)12-6-2-3-8-16-12/h4-5,7,9,12H,2-3,6,8H2,1H3. The van der Waals surface area contributed by atoms with Crippen LogP contribution in [0, 0.1) is 6.92 Å². The van der Waals surface area contributed by atoms with Crippen LogP contribution in [0.25, 0.3) is 5.65 Å². The van der Waals surface area contributed by atoms with Crippen LogP contribution in [0.3, 0.4) is 0 Å². The normalized spacial score (nSPS) is 21.4. The first kappa shape index (κ1) is 10.2.